The third-order valence-corrected chi connectivity index (χ3v) is 5.71. The summed E-state index contributed by atoms with van der Waals surface area (Å²) < 4.78 is 7.24. The van der Waals surface area contributed by atoms with Gasteiger partial charge in [0.05, 0.1) is 18.5 Å². The molecule has 6 nitrogen and oxygen atoms in total. The lowest BCUT2D eigenvalue weighted by Gasteiger charge is -2.04. The Balaban J connectivity index is 1.44. The molecule has 0 spiro atoms. The maximum atomic E-state index is 12.5. The van der Waals surface area contributed by atoms with Gasteiger partial charge in [-0.2, -0.15) is 0 Å². The summed E-state index contributed by atoms with van der Waals surface area (Å²) in [5, 5.41) is 3.56. The van der Waals surface area contributed by atoms with Gasteiger partial charge in [-0.1, -0.05) is 6.07 Å². The minimum atomic E-state index is -0.0506. The highest BCUT2D eigenvalue weighted by atomic mass is 32.1. The van der Waals surface area contributed by atoms with Crippen molar-refractivity contribution in [2.45, 2.75) is 26.7 Å². The van der Waals surface area contributed by atoms with Gasteiger partial charge >= 0.3 is 0 Å². The van der Waals surface area contributed by atoms with Crippen molar-refractivity contribution in [2.24, 2.45) is 0 Å². The van der Waals surface area contributed by atoms with Crippen LogP contribution in [0.2, 0.25) is 0 Å². The Morgan fingerprint density at radius 2 is 1.93 bits per heavy atom. The molecule has 0 atom stereocenters. The zero-order chi connectivity index (χ0) is 20.4. The van der Waals surface area contributed by atoms with Gasteiger partial charge in [0.1, 0.15) is 11.4 Å². The lowest BCUT2D eigenvalue weighted by Crippen LogP contribution is -2.13. The minimum absolute atomic E-state index is 0.0506. The van der Waals surface area contributed by atoms with Crippen LogP contribution in [0.15, 0.2) is 48.7 Å². The van der Waals surface area contributed by atoms with Gasteiger partial charge in [-0.05, 0) is 56.7 Å². The average molecular weight is 407 g/mol. The summed E-state index contributed by atoms with van der Waals surface area (Å²) in [5.74, 6) is 0.753. The summed E-state index contributed by atoms with van der Waals surface area (Å²) in [6, 6.07) is 13.7. The molecule has 4 aromatic rings. The Bertz CT molecular complexity index is 1160. The summed E-state index contributed by atoms with van der Waals surface area (Å²) >= 11 is 1.48. The Morgan fingerprint density at radius 3 is 2.69 bits per heavy atom. The predicted molar refractivity (Wildman–Crippen MR) is 116 cm³/mol. The molecule has 0 aliphatic rings. The molecule has 3 aromatic heterocycles. The van der Waals surface area contributed by atoms with Crippen LogP contribution in [-0.2, 0) is 11.2 Å². The average Bonchev–Trinajstić information content (AvgIpc) is 3.25. The first kappa shape index (κ1) is 19.1. The molecule has 0 saturated carbocycles. The molecular weight excluding hydrogens is 384 g/mol. The number of carbonyl (C=O) groups excluding carboxylic acids is 1. The number of aromatic nitrogens is 3. The van der Waals surface area contributed by atoms with Crippen LogP contribution >= 0.6 is 11.3 Å². The summed E-state index contributed by atoms with van der Waals surface area (Å²) in [6.07, 6.45) is 2.98. The molecule has 0 bridgehead atoms. The summed E-state index contributed by atoms with van der Waals surface area (Å²) in [5.41, 5.74) is 4.80. The van der Waals surface area contributed by atoms with Crippen LogP contribution in [0.4, 0.5) is 5.13 Å². The standard InChI is InChI=1S/C22H22N4O2S/c1-14-18(26-13-5-4-6-19(26)23-14)11-12-20(27)24-22-25-21(15(2)29-22)16-7-9-17(28-3)10-8-16/h4-10,13H,11-12H2,1-3H3,(H,24,25,27). The smallest absolute Gasteiger partial charge is 0.226 e. The number of rotatable bonds is 6. The summed E-state index contributed by atoms with van der Waals surface area (Å²) in [7, 11) is 1.64. The molecule has 1 N–H and O–H groups in total. The molecular formula is C22H22N4O2S. The number of pyridine rings is 1. The number of fused-ring (bicyclic) bond motifs is 1. The van der Waals surface area contributed by atoms with Crippen LogP contribution < -0.4 is 10.1 Å². The number of carbonyl (C=O) groups is 1. The van der Waals surface area contributed by atoms with Crippen molar-refractivity contribution in [3.8, 4) is 17.0 Å². The number of methoxy groups -OCH3 is 1. The molecule has 0 fully saturated rings. The first-order chi connectivity index (χ1) is 14.0. The van der Waals surface area contributed by atoms with Crippen molar-refractivity contribution in [3.05, 3.63) is 64.9 Å². The van der Waals surface area contributed by atoms with Gasteiger partial charge in [0.25, 0.3) is 0 Å². The number of aryl methyl sites for hydroxylation is 3. The van der Waals surface area contributed by atoms with Gasteiger partial charge in [0.2, 0.25) is 5.91 Å². The fourth-order valence-electron chi connectivity index (χ4n) is 3.35. The Kier molecular flexibility index (Phi) is 5.31. The maximum Gasteiger partial charge on any atom is 0.226 e. The highest BCUT2D eigenvalue weighted by Gasteiger charge is 2.14. The molecule has 0 aliphatic heterocycles. The Morgan fingerprint density at radius 1 is 1.14 bits per heavy atom. The highest BCUT2D eigenvalue weighted by molar-refractivity contribution is 7.16. The topological polar surface area (TPSA) is 68.5 Å². The maximum absolute atomic E-state index is 12.5. The molecule has 0 unspecified atom stereocenters. The normalized spacial score (nSPS) is 11.0. The molecule has 3 heterocycles. The van der Waals surface area contributed by atoms with Gasteiger partial charge in [0, 0.05) is 28.8 Å². The zero-order valence-corrected chi connectivity index (χ0v) is 17.4. The predicted octanol–water partition coefficient (Wildman–Crippen LogP) is 4.65. The van der Waals surface area contributed by atoms with E-state index in [-0.39, 0.29) is 5.91 Å². The molecule has 1 amide bonds. The van der Waals surface area contributed by atoms with Gasteiger partial charge in [0.15, 0.2) is 5.13 Å². The lowest BCUT2D eigenvalue weighted by molar-refractivity contribution is -0.116. The van der Waals surface area contributed by atoms with Crippen molar-refractivity contribution >= 4 is 28.0 Å². The number of anilines is 1. The number of imidazole rings is 1. The third-order valence-electron chi connectivity index (χ3n) is 4.82. The van der Waals surface area contributed by atoms with E-state index >= 15 is 0 Å². The number of amides is 1. The zero-order valence-electron chi connectivity index (χ0n) is 16.6. The van der Waals surface area contributed by atoms with Crippen molar-refractivity contribution in [1.29, 1.82) is 0 Å². The molecule has 29 heavy (non-hydrogen) atoms. The molecule has 148 valence electrons. The van der Waals surface area contributed by atoms with E-state index in [9.17, 15) is 4.79 Å². The number of benzene rings is 1. The summed E-state index contributed by atoms with van der Waals surface area (Å²) in [4.78, 5) is 22.7. The van der Waals surface area contributed by atoms with E-state index in [1.165, 1.54) is 11.3 Å². The van der Waals surface area contributed by atoms with Crippen LogP contribution in [0.1, 0.15) is 22.7 Å². The number of nitrogens with zero attached hydrogens (tertiary/aromatic N) is 3. The largest absolute Gasteiger partial charge is 0.497 e. The van der Waals surface area contributed by atoms with E-state index < -0.39 is 0 Å². The molecule has 4 rings (SSSR count). The van der Waals surface area contributed by atoms with Gasteiger partial charge in [-0.3, -0.25) is 4.79 Å². The minimum Gasteiger partial charge on any atom is -0.497 e. The second kappa shape index (κ2) is 8.05. The molecule has 0 aliphatic carbocycles. The van der Waals surface area contributed by atoms with E-state index in [1.54, 1.807) is 7.11 Å². The van der Waals surface area contributed by atoms with E-state index in [0.29, 0.717) is 18.0 Å². The summed E-state index contributed by atoms with van der Waals surface area (Å²) in [6.45, 7) is 3.99. The van der Waals surface area contributed by atoms with Crippen molar-refractivity contribution in [1.82, 2.24) is 14.4 Å². The first-order valence-corrected chi connectivity index (χ1v) is 10.2. The fraction of sp³-hybridized carbons (Fsp3) is 0.227. The second-order valence-corrected chi connectivity index (χ2v) is 7.98. The van der Waals surface area contributed by atoms with Crippen LogP contribution in [0, 0.1) is 13.8 Å². The van der Waals surface area contributed by atoms with Gasteiger partial charge in [-0.15, -0.1) is 11.3 Å². The monoisotopic (exact) mass is 406 g/mol. The van der Waals surface area contributed by atoms with Crippen molar-refractivity contribution in [3.63, 3.8) is 0 Å². The number of nitrogens with one attached hydrogen (secondary N) is 1. The number of hydrogen-bond donors (Lipinski definition) is 1. The highest BCUT2D eigenvalue weighted by Crippen LogP contribution is 2.31. The fourth-order valence-corrected chi connectivity index (χ4v) is 4.20. The SMILES string of the molecule is COc1ccc(-c2nc(NC(=O)CCc3c(C)nc4ccccn34)sc2C)cc1. The van der Waals surface area contributed by atoms with Crippen molar-refractivity contribution in [2.75, 3.05) is 12.4 Å². The number of ether oxygens (including phenoxy) is 1. The number of thiazole rings is 1. The van der Waals surface area contributed by atoms with Crippen LogP contribution in [0.3, 0.4) is 0 Å². The van der Waals surface area contributed by atoms with Crippen LogP contribution in [0.5, 0.6) is 5.75 Å². The van der Waals surface area contributed by atoms with Crippen LogP contribution in [0.25, 0.3) is 16.9 Å². The van der Waals surface area contributed by atoms with Crippen molar-refractivity contribution < 1.29 is 9.53 Å². The molecule has 1 aromatic carbocycles. The second-order valence-electron chi connectivity index (χ2n) is 6.77. The Hall–Kier alpha value is -3.19. The molecule has 0 saturated heterocycles. The van der Waals surface area contributed by atoms with E-state index in [1.807, 2.05) is 66.9 Å². The van der Waals surface area contributed by atoms with Crippen LogP contribution in [-0.4, -0.2) is 27.4 Å². The Labute approximate surface area is 173 Å². The van der Waals surface area contributed by atoms with E-state index in [0.717, 1.165) is 38.9 Å². The van der Waals surface area contributed by atoms with Gasteiger partial charge < -0.3 is 14.5 Å². The molecule has 7 heteroatoms. The number of hydrogen-bond acceptors (Lipinski definition) is 5. The third kappa shape index (κ3) is 4.00. The van der Waals surface area contributed by atoms with E-state index in [4.69, 9.17) is 4.74 Å². The lowest BCUT2D eigenvalue weighted by atomic mass is 10.1. The van der Waals surface area contributed by atoms with E-state index in [2.05, 4.69) is 15.3 Å². The quantitative estimate of drug-likeness (QED) is 0.506. The molecule has 0 radical (unpaired) electrons. The van der Waals surface area contributed by atoms with Gasteiger partial charge in [-0.25, -0.2) is 9.97 Å². The first-order valence-electron chi connectivity index (χ1n) is 9.39.